The van der Waals surface area contributed by atoms with Gasteiger partial charge in [0.2, 0.25) is 0 Å². The molecule has 18 heteroatoms. The Labute approximate surface area is 227 Å². The summed E-state index contributed by atoms with van der Waals surface area (Å²) in [4.78, 5) is -0.780. The van der Waals surface area contributed by atoms with E-state index in [-0.39, 0.29) is 9.79 Å². The molecule has 3 aromatic rings. The molecule has 0 bridgehead atoms. The van der Waals surface area contributed by atoms with Gasteiger partial charge in [-0.2, -0.15) is 26.3 Å². The van der Waals surface area contributed by atoms with Crippen molar-refractivity contribution in [2.24, 2.45) is 0 Å². The molecule has 0 radical (unpaired) electrons. The third-order valence-corrected chi connectivity index (χ3v) is 8.02. The van der Waals surface area contributed by atoms with Crippen LogP contribution in [0.5, 0.6) is 0 Å². The molecule has 0 amide bonds. The first-order valence-electron chi connectivity index (χ1n) is 9.26. The van der Waals surface area contributed by atoms with E-state index in [2.05, 4.69) is 0 Å². The molecule has 0 atom stereocenters. The lowest BCUT2D eigenvalue weighted by atomic mass is 10.2. The first kappa shape index (κ1) is 34.0. The van der Waals surface area contributed by atoms with E-state index in [0.717, 1.165) is 30.3 Å². The maximum atomic E-state index is 12.1. The Balaban J connectivity index is 0.000000290. The summed E-state index contributed by atoms with van der Waals surface area (Å²) in [6.45, 7) is 0. The third kappa shape index (κ3) is 11.8. The van der Waals surface area contributed by atoms with Gasteiger partial charge in [0.15, 0.2) is 0 Å². The summed E-state index contributed by atoms with van der Waals surface area (Å²) in [6.07, 6.45) is -9.05. The molecule has 3 aromatic carbocycles. The second kappa shape index (κ2) is 12.9. The third-order valence-electron chi connectivity index (χ3n) is 3.93. The minimum Gasteiger partial charge on any atom is -0.207 e. The summed E-state index contributed by atoms with van der Waals surface area (Å²) in [7, 11) is 3.23. The van der Waals surface area contributed by atoms with Crippen LogP contribution in [0.1, 0.15) is 11.1 Å². The Kier molecular flexibility index (Phi) is 11.5. The zero-order valence-corrected chi connectivity index (χ0v) is 22.8. The van der Waals surface area contributed by atoms with Gasteiger partial charge in [0.25, 0.3) is 27.2 Å². The summed E-state index contributed by atoms with van der Waals surface area (Å²) >= 11 is 0. The normalized spacial score (nSPS) is 12.4. The molecular formula is C20H13Cl3F6O6S3. The van der Waals surface area contributed by atoms with E-state index >= 15 is 0 Å². The highest BCUT2D eigenvalue weighted by Crippen LogP contribution is 2.31. The van der Waals surface area contributed by atoms with Crippen LogP contribution in [-0.4, -0.2) is 25.3 Å². The summed E-state index contributed by atoms with van der Waals surface area (Å²) in [5, 5.41) is 0. The van der Waals surface area contributed by atoms with Crippen LogP contribution in [0, 0.1) is 0 Å². The lowest BCUT2D eigenvalue weighted by Crippen LogP contribution is -2.05. The average molecular weight is 666 g/mol. The number of halogens is 9. The molecule has 0 fully saturated rings. The summed E-state index contributed by atoms with van der Waals surface area (Å²) in [6, 6.07) is 14.0. The minimum absolute atomic E-state index is 0.136. The Hall–Kier alpha value is -2.04. The first-order valence-corrected chi connectivity index (χ1v) is 16.2. The molecule has 0 saturated heterocycles. The highest BCUT2D eigenvalue weighted by Gasteiger charge is 2.31. The van der Waals surface area contributed by atoms with Gasteiger partial charge >= 0.3 is 12.4 Å². The van der Waals surface area contributed by atoms with Crippen molar-refractivity contribution in [3.8, 4) is 0 Å². The molecule has 6 nitrogen and oxygen atoms in total. The molecule has 0 heterocycles. The fourth-order valence-electron chi connectivity index (χ4n) is 2.21. The summed E-state index contributed by atoms with van der Waals surface area (Å²) < 4.78 is 136. The average Bonchev–Trinajstić information content (AvgIpc) is 2.78. The molecule has 0 aromatic heterocycles. The van der Waals surface area contributed by atoms with Crippen molar-refractivity contribution in [2.75, 3.05) is 0 Å². The van der Waals surface area contributed by atoms with Gasteiger partial charge in [-0.1, -0.05) is 24.3 Å². The Morgan fingerprint density at radius 3 is 1.16 bits per heavy atom. The minimum atomic E-state index is -4.57. The molecule has 0 N–H and O–H groups in total. The number of hydrogen-bond acceptors (Lipinski definition) is 6. The fraction of sp³-hybridized carbons (Fsp3) is 0.100. The maximum absolute atomic E-state index is 12.1. The maximum Gasteiger partial charge on any atom is 0.416 e. The molecule has 0 unspecified atom stereocenters. The number of benzene rings is 3. The molecule has 0 aliphatic rings. The van der Waals surface area contributed by atoms with E-state index in [0.29, 0.717) is 18.2 Å². The van der Waals surface area contributed by atoms with Crippen molar-refractivity contribution in [2.45, 2.75) is 27.0 Å². The van der Waals surface area contributed by atoms with Gasteiger partial charge in [0.1, 0.15) is 0 Å². The van der Waals surface area contributed by atoms with E-state index in [4.69, 9.17) is 32.0 Å². The summed E-state index contributed by atoms with van der Waals surface area (Å²) in [5.41, 5.74) is -1.96. The zero-order chi connectivity index (χ0) is 29.6. The van der Waals surface area contributed by atoms with E-state index in [9.17, 15) is 51.6 Å². The van der Waals surface area contributed by atoms with Crippen LogP contribution in [0.2, 0.25) is 0 Å². The fourth-order valence-corrected chi connectivity index (χ4v) is 4.57. The Morgan fingerprint density at radius 1 is 0.447 bits per heavy atom. The predicted molar refractivity (Wildman–Crippen MR) is 128 cm³/mol. The van der Waals surface area contributed by atoms with E-state index in [1.807, 2.05) is 0 Å². The molecular weight excluding hydrogens is 653 g/mol. The van der Waals surface area contributed by atoms with Gasteiger partial charge in [-0.05, 0) is 54.6 Å². The summed E-state index contributed by atoms with van der Waals surface area (Å²) in [5.74, 6) is 0. The molecule has 0 saturated carbocycles. The van der Waals surface area contributed by atoms with Crippen molar-refractivity contribution >= 4 is 59.2 Å². The van der Waals surface area contributed by atoms with E-state index in [1.165, 1.54) is 12.1 Å². The van der Waals surface area contributed by atoms with Crippen molar-refractivity contribution < 1.29 is 51.6 Å². The molecule has 0 aliphatic carbocycles. The number of rotatable bonds is 3. The zero-order valence-electron chi connectivity index (χ0n) is 18.1. The number of alkyl halides is 6. The van der Waals surface area contributed by atoms with Gasteiger partial charge in [0, 0.05) is 32.0 Å². The van der Waals surface area contributed by atoms with Crippen LogP contribution in [0.25, 0.3) is 0 Å². The van der Waals surface area contributed by atoms with Crippen molar-refractivity contribution in [3.63, 3.8) is 0 Å². The number of hydrogen-bond donors (Lipinski definition) is 0. The molecule has 0 spiro atoms. The molecule has 0 aliphatic heterocycles. The molecule has 210 valence electrons. The lowest BCUT2D eigenvalue weighted by molar-refractivity contribution is -0.138. The topological polar surface area (TPSA) is 102 Å². The largest absolute Gasteiger partial charge is 0.416 e. The van der Waals surface area contributed by atoms with E-state index in [1.54, 1.807) is 18.2 Å². The van der Waals surface area contributed by atoms with Crippen LogP contribution in [0.3, 0.4) is 0 Å². The Bertz CT molecular complexity index is 1540. The van der Waals surface area contributed by atoms with Crippen LogP contribution >= 0.6 is 32.0 Å². The van der Waals surface area contributed by atoms with Gasteiger partial charge in [-0.25, -0.2) is 25.3 Å². The quantitative estimate of drug-likeness (QED) is 0.223. The van der Waals surface area contributed by atoms with E-state index < -0.39 is 55.5 Å². The van der Waals surface area contributed by atoms with Gasteiger partial charge in [-0.3, -0.25) is 0 Å². The predicted octanol–water partition coefficient (Wildman–Crippen LogP) is 6.88. The van der Waals surface area contributed by atoms with Gasteiger partial charge < -0.3 is 0 Å². The highest BCUT2D eigenvalue weighted by molar-refractivity contribution is 8.14. The standard InChI is InChI=1S/2C7H4ClF3O2S.C6H5ClO2S/c8-14(12,13)6-3-1-5(2-4-6)7(9,10)11;8-14(12,13)6-3-1-2-5(4-6)7(9,10)11;7-10(8,9)6-4-2-1-3-5-6/h2*1-4H;1-5H. The van der Waals surface area contributed by atoms with Crippen molar-refractivity contribution in [1.82, 2.24) is 0 Å². The van der Waals surface area contributed by atoms with Crippen LogP contribution < -0.4 is 0 Å². The van der Waals surface area contributed by atoms with Crippen molar-refractivity contribution in [3.05, 3.63) is 90.0 Å². The Morgan fingerprint density at radius 2 is 0.816 bits per heavy atom. The lowest BCUT2D eigenvalue weighted by Gasteiger charge is -2.06. The monoisotopic (exact) mass is 664 g/mol. The second-order valence-electron chi connectivity index (χ2n) is 6.67. The smallest absolute Gasteiger partial charge is 0.207 e. The first-order chi connectivity index (χ1) is 17.0. The van der Waals surface area contributed by atoms with Crippen molar-refractivity contribution in [1.29, 1.82) is 0 Å². The SMILES string of the molecule is O=S(=O)(Cl)c1ccc(C(F)(F)F)cc1.O=S(=O)(Cl)c1cccc(C(F)(F)F)c1.O=S(=O)(Cl)c1ccccc1. The van der Waals surface area contributed by atoms with Crippen LogP contribution in [0.4, 0.5) is 26.3 Å². The highest BCUT2D eigenvalue weighted by atomic mass is 35.7. The van der Waals surface area contributed by atoms with Gasteiger partial charge in [0.05, 0.1) is 25.8 Å². The molecule has 38 heavy (non-hydrogen) atoms. The van der Waals surface area contributed by atoms with Crippen LogP contribution in [0.15, 0.2) is 93.5 Å². The van der Waals surface area contributed by atoms with Gasteiger partial charge in [-0.15, -0.1) is 0 Å². The van der Waals surface area contributed by atoms with Crippen LogP contribution in [-0.2, 0) is 39.5 Å². The molecule has 3 rings (SSSR count). The second-order valence-corrected chi connectivity index (χ2v) is 14.4.